The number of likely N-dealkylation sites (N-methyl/N-ethyl adjacent to an activating group) is 1. The summed E-state index contributed by atoms with van der Waals surface area (Å²) in [6.07, 6.45) is 0. The van der Waals surface area contributed by atoms with E-state index in [0.717, 1.165) is 11.5 Å². The SMILES string of the molecule is CCNC(=O)c1cccc(NC(=O)CN(C)Cc2ccc(C)o2)c1. The number of furan rings is 1. The van der Waals surface area contributed by atoms with Crippen molar-refractivity contribution in [2.45, 2.75) is 20.4 Å². The van der Waals surface area contributed by atoms with E-state index in [0.29, 0.717) is 24.3 Å². The van der Waals surface area contributed by atoms with Crippen LogP contribution >= 0.6 is 0 Å². The first kappa shape index (κ1) is 17.7. The first-order valence-electron chi connectivity index (χ1n) is 7.90. The second kappa shape index (κ2) is 8.31. The van der Waals surface area contributed by atoms with E-state index in [9.17, 15) is 9.59 Å². The number of hydrogen-bond donors (Lipinski definition) is 2. The standard InChI is InChI=1S/C18H23N3O3/c1-4-19-18(23)14-6-5-7-15(10-14)20-17(22)12-21(3)11-16-9-8-13(2)24-16/h5-10H,4,11-12H2,1-3H3,(H,19,23)(H,20,22). The van der Waals surface area contributed by atoms with Crippen molar-refractivity contribution >= 4 is 17.5 Å². The van der Waals surface area contributed by atoms with Gasteiger partial charge >= 0.3 is 0 Å². The van der Waals surface area contributed by atoms with Gasteiger partial charge in [-0.25, -0.2) is 0 Å². The van der Waals surface area contributed by atoms with E-state index >= 15 is 0 Å². The molecule has 6 heteroatoms. The Balaban J connectivity index is 1.89. The summed E-state index contributed by atoms with van der Waals surface area (Å²) in [6, 6.07) is 10.7. The molecule has 1 heterocycles. The molecule has 2 amide bonds. The molecule has 0 spiro atoms. The Kier molecular flexibility index (Phi) is 6.14. The first-order chi connectivity index (χ1) is 11.5. The highest BCUT2D eigenvalue weighted by atomic mass is 16.3. The van der Waals surface area contributed by atoms with Crippen LogP contribution < -0.4 is 10.6 Å². The molecule has 0 saturated heterocycles. The van der Waals surface area contributed by atoms with E-state index in [1.165, 1.54) is 0 Å². The maximum Gasteiger partial charge on any atom is 0.251 e. The average molecular weight is 329 g/mol. The largest absolute Gasteiger partial charge is 0.465 e. The zero-order valence-corrected chi connectivity index (χ0v) is 14.3. The van der Waals surface area contributed by atoms with E-state index in [-0.39, 0.29) is 18.4 Å². The van der Waals surface area contributed by atoms with Crippen molar-refractivity contribution < 1.29 is 14.0 Å². The molecule has 2 N–H and O–H groups in total. The van der Waals surface area contributed by atoms with Gasteiger partial charge in [0.15, 0.2) is 0 Å². The fourth-order valence-electron chi connectivity index (χ4n) is 2.34. The molecule has 24 heavy (non-hydrogen) atoms. The van der Waals surface area contributed by atoms with Crippen LogP contribution in [0.5, 0.6) is 0 Å². The smallest absolute Gasteiger partial charge is 0.251 e. The van der Waals surface area contributed by atoms with Gasteiger partial charge in [0.1, 0.15) is 11.5 Å². The topological polar surface area (TPSA) is 74.6 Å². The van der Waals surface area contributed by atoms with Gasteiger partial charge in [-0.2, -0.15) is 0 Å². The van der Waals surface area contributed by atoms with Crippen molar-refractivity contribution in [3.05, 3.63) is 53.5 Å². The summed E-state index contributed by atoms with van der Waals surface area (Å²) in [5.41, 5.74) is 1.13. The second-order valence-electron chi connectivity index (χ2n) is 5.67. The lowest BCUT2D eigenvalue weighted by Gasteiger charge is -2.15. The second-order valence-corrected chi connectivity index (χ2v) is 5.67. The van der Waals surface area contributed by atoms with Crippen LogP contribution in [-0.2, 0) is 11.3 Å². The molecule has 1 aromatic carbocycles. The minimum Gasteiger partial charge on any atom is -0.465 e. The van der Waals surface area contributed by atoms with Gasteiger partial charge in [0.2, 0.25) is 5.91 Å². The quantitative estimate of drug-likeness (QED) is 0.818. The molecular formula is C18H23N3O3. The molecule has 0 atom stereocenters. The van der Waals surface area contributed by atoms with Gasteiger partial charge < -0.3 is 15.1 Å². The number of nitrogens with zero attached hydrogens (tertiary/aromatic N) is 1. The Morgan fingerprint density at radius 2 is 2.00 bits per heavy atom. The normalized spacial score (nSPS) is 10.7. The van der Waals surface area contributed by atoms with E-state index in [2.05, 4.69) is 10.6 Å². The summed E-state index contributed by atoms with van der Waals surface area (Å²) in [5, 5.41) is 5.54. The molecule has 0 radical (unpaired) electrons. The molecule has 0 aliphatic rings. The van der Waals surface area contributed by atoms with Crippen LogP contribution in [0.1, 0.15) is 28.8 Å². The molecule has 1 aromatic heterocycles. The Bertz CT molecular complexity index is 709. The lowest BCUT2D eigenvalue weighted by Crippen LogP contribution is -2.30. The van der Waals surface area contributed by atoms with Gasteiger partial charge in [0.25, 0.3) is 5.91 Å². The van der Waals surface area contributed by atoms with E-state index in [4.69, 9.17) is 4.42 Å². The van der Waals surface area contributed by atoms with Gasteiger partial charge in [0.05, 0.1) is 13.1 Å². The van der Waals surface area contributed by atoms with Crippen molar-refractivity contribution in [2.24, 2.45) is 0 Å². The third-order valence-electron chi connectivity index (χ3n) is 3.38. The van der Waals surface area contributed by atoms with Crippen LogP contribution in [0.3, 0.4) is 0 Å². The Labute approximate surface area is 141 Å². The van der Waals surface area contributed by atoms with Gasteiger partial charge in [0, 0.05) is 17.8 Å². The molecule has 0 aliphatic heterocycles. The number of rotatable bonds is 7. The summed E-state index contributed by atoms with van der Waals surface area (Å²) < 4.78 is 5.50. The Morgan fingerprint density at radius 1 is 1.21 bits per heavy atom. The monoisotopic (exact) mass is 329 g/mol. The summed E-state index contributed by atoms with van der Waals surface area (Å²) in [7, 11) is 1.85. The number of nitrogens with one attached hydrogen (secondary N) is 2. The molecule has 0 bridgehead atoms. The van der Waals surface area contributed by atoms with Crippen LogP contribution in [0.25, 0.3) is 0 Å². The number of amides is 2. The fraction of sp³-hybridized carbons (Fsp3) is 0.333. The fourth-order valence-corrected chi connectivity index (χ4v) is 2.34. The summed E-state index contributed by atoms with van der Waals surface area (Å²) in [6.45, 7) is 5.09. The van der Waals surface area contributed by atoms with Crippen molar-refractivity contribution in [3.8, 4) is 0 Å². The molecule has 0 saturated carbocycles. The van der Waals surface area contributed by atoms with Crippen LogP contribution in [0, 0.1) is 6.92 Å². The molecule has 0 unspecified atom stereocenters. The lowest BCUT2D eigenvalue weighted by molar-refractivity contribution is -0.117. The third kappa shape index (κ3) is 5.24. The number of carbonyl (C=O) groups is 2. The van der Waals surface area contributed by atoms with Crippen LogP contribution in [0.15, 0.2) is 40.8 Å². The zero-order chi connectivity index (χ0) is 17.5. The molecule has 2 aromatic rings. The highest BCUT2D eigenvalue weighted by Gasteiger charge is 2.11. The van der Waals surface area contributed by atoms with E-state index in [1.807, 2.05) is 37.9 Å². The van der Waals surface area contributed by atoms with Crippen LogP contribution in [0.4, 0.5) is 5.69 Å². The third-order valence-corrected chi connectivity index (χ3v) is 3.38. The minimum absolute atomic E-state index is 0.145. The van der Waals surface area contributed by atoms with Crippen molar-refractivity contribution in [1.29, 1.82) is 0 Å². The van der Waals surface area contributed by atoms with Crippen molar-refractivity contribution in [2.75, 3.05) is 25.5 Å². The van der Waals surface area contributed by atoms with Gasteiger partial charge in [-0.3, -0.25) is 14.5 Å². The predicted molar refractivity (Wildman–Crippen MR) is 92.9 cm³/mol. The zero-order valence-electron chi connectivity index (χ0n) is 14.3. The van der Waals surface area contributed by atoms with Crippen molar-refractivity contribution in [3.63, 3.8) is 0 Å². The number of aryl methyl sites for hydroxylation is 1. The van der Waals surface area contributed by atoms with Crippen LogP contribution in [-0.4, -0.2) is 36.9 Å². The average Bonchev–Trinajstić information content (AvgIpc) is 2.92. The maximum absolute atomic E-state index is 12.1. The Hall–Kier alpha value is -2.60. The lowest BCUT2D eigenvalue weighted by atomic mass is 10.2. The maximum atomic E-state index is 12.1. The highest BCUT2D eigenvalue weighted by molar-refractivity contribution is 5.97. The van der Waals surface area contributed by atoms with Crippen molar-refractivity contribution in [1.82, 2.24) is 10.2 Å². The Morgan fingerprint density at radius 3 is 2.67 bits per heavy atom. The predicted octanol–water partition coefficient (Wildman–Crippen LogP) is 2.41. The van der Waals surface area contributed by atoms with E-state index in [1.54, 1.807) is 24.3 Å². The van der Waals surface area contributed by atoms with Gasteiger partial charge in [-0.05, 0) is 51.2 Å². The molecule has 128 valence electrons. The van der Waals surface area contributed by atoms with Gasteiger partial charge in [-0.1, -0.05) is 6.07 Å². The number of benzene rings is 1. The molecule has 6 nitrogen and oxygen atoms in total. The van der Waals surface area contributed by atoms with E-state index < -0.39 is 0 Å². The first-order valence-corrected chi connectivity index (χ1v) is 7.90. The number of carbonyl (C=O) groups excluding carboxylic acids is 2. The summed E-state index contributed by atoms with van der Waals surface area (Å²) in [4.78, 5) is 25.8. The molecular weight excluding hydrogens is 306 g/mol. The van der Waals surface area contributed by atoms with Gasteiger partial charge in [-0.15, -0.1) is 0 Å². The molecule has 2 rings (SSSR count). The van der Waals surface area contributed by atoms with Crippen LogP contribution in [0.2, 0.25) is 0 Å². The summed E-state index contributed by atoms with van der Waals surface area (Å²) in [5.74, 6) is 1.37. The highest BCUT2D eigenvalue weighted by Crippen LogP contribution is 2.12. The minimum atomic E-state index is -0.154. The summed E-state index contributed by atoms with van der Waals surface area (Å²) >= 11 is 0. The number of anilines is 1. The number of hydrogen-bond acceptors (Lipinski definition) is 4. The molecule has 0 fully saturated rings. The molecule has 0 aliphatic carbocycles.